The van der Waals surface area contributed by atoms with Crippen molar-refractivity contribution in [3.05, 3.63) is 0 Å². The van der Waals surface area contributed by atoms with Crippen LogP contribution in [0.1, 0.15) is 54.4 Å². The minimum atomic E-state index is -3.36. The van der Waals surface area contributed by atoms with Gasteiger partial charge in [-0.15, -0.1) is 0 Å². The summed E-state index contributed by atoms with van der Waals surface area (Å²) in [6.07, 6.45) is 1.39. The van der Waals surface area contributed by atoms with Crippen molar-refractivity contribution >= 4 is 15.8 Å². The maximum absolute atomic E-state index is 12.8. The summed E-state index contributed by atoms with van der Waals surface area (Å²) in [5.74, 6) is -0.445. The first-order valence-corrected chi connectivity index (χ1v) is 7.73. The molecule has 1 rings (SSSR count). The molecule has 0 spiro atoms. The predicted octanol–water partition coefficient (Wildman–Crippen LogP) is 2.32. The maximum atomic E-state index is 12.8. The average molecular weight is 276 g/mol. The Morgan fingerprint density at radius 1 is 1.17 bits per heavy atom. The molecule has 106 valence electrons. The highest BCUT2D eigenvalue weighted by atomic mass is 32.2. The summed E-state index contributed by atoms with van der Waals surface area (Å²) >= 11 is 0. The van der Waals surface area contributed by atoms with Crippen molar-refractivity contribution in [2.75, 3.05) is 6.61 Å². The van der Waals surface area contributed by atoms with Gasteiger partial charge in [-0.25, -0.2) is 8.42 Å². The van der Waals surface area contributed by atoms with Crippen LogP contribution in [0.15, 0.2) is 0 Å². The highest BCUT2D eigenvalue weighted by Gasteiger charge is 2.65. The van der Waals surface area contributed by atoms with Crippen LogP contribution in [0.25, 0.3) is 0 Å². The van der Waals surface area contributed by atoms with E-state index in [0.717, 1.165) is 0 Å². The second-order valence-electron chi connectivity index (χ2n) is 6.79. The molecule has 1 aliphatic rings. The lowest BCUT2D eigenvalue weighted by atomic mass is 9.89. The van der Waals surface area contributed by atoms with Crippen LogP contribution in [0.5, 0.6) is 0 Å². The van der Waals surface area contributed by atoms with Crippen LogP contribution in [0.3, 0.4) is 0 Å². The number of carbonyl (C=O) groups is 1. The van der Waals surface area contributed by atoms with Gasteiger partial charge >= 0.3 is 5.97 Å². The summed E-state index contributed by atoms with van der Waals surface area (Å²) in [6, 6.07) is 0. The lowest BCUT2D eigenvalue weighted by Gasteiger charge is -2.37. The van der Waals surface area contributed by atoms with Crippen molar-refractivity contribution < 1.29 is 17.9 Å². The van der Waals surface area contributed by atoms with Gasteiger partial charge in [0.05, 0.1) is 4.75 Å². The van der Waals surface area contributed by atoms with E-state index in [2.05, 4.69) is 0 Å². The van der Waals surface area contributed by atoms with E-state index < -0.39 is 25.3 Å². The molecule has 0 aromatic heterocycles. The Morgan fingerprint density at radius 2 is 1.61 bits per heavy atom. The molecular weight excluding hydrogens is 252 g/mol. The Kier molecular flexibility index (Phi) is 3.63. The van der Waals surface area contributed by atoms with Crippen molar-refractivity contribution in [1.82, 2.24) is 0 Å². The van der Waals surface area contributed by atoms with Gasteiger partial charge in [-0.3, -0.25) is 4.79 Å². The molecule has 0 radical (unpaired) electrons. The van der Waals surface area contributed by atoms with Crippen LogP contribution >= 0.6 is 0 Å². The molecule has 18 heavy (non-hydrogen) atoms. The van der Waals surface area contributed by atoms with Crippen molar-refractivity contribution in [3.8, 4) is 0 Å². The van der Waals surface area contributed by atoms with Crippen LogP contribution < -0.4 is 0 Å². The second kappa shape index (κ2) is 4.22. The van der Waals surface area contributed by atoms with E-state index in [9.17, 15) is 13.2 Å². The summed E-state index contributed by atoms with van der Waals surface area (Å²) < 4.78 is 28.8. The molecule has 0 heterocycles. The van der Waals surface area contributed by atoms with Crippen molar-refractivity contribution in [1.29, 1.82) is 0 Å². The van der Waals surface area contributed by atoms with Gasteiger partial charge in [-0.1, -0.05) is 20.8 Å². The third kappa shape index (κ3) is 2.29. The number of hydrogen-bond acceptors (Lipinski definition) is 4. The number of sulfone groups is 1. The highest BCUT2D eigenvalue weighted by Crippen LogP contribution is 2.58. The van der Waals surface area contributed by atoms with E-state index in [0.29, 0.717) is 12.8 Å². The summed E-state index contributed by atoms with van der Waals surface area (Å²) in [7, 11) is -3.36. The van der Waals surface area contributed by atoms with Gasteiger partial charge < -0.3 is 4.74 Å². The quantitative estimate of drug-likeness (QED) is 0.739. The smallest absolute Gasteiger partial charge is 0.302 e. The van der Waals surface area contributed by atoms with Crippen LogP contribution in [0.2, 0.25) is 0 Å². The molecule has 1 saturated carbocycles. The first kappa shape index (κ1) is 15.5. The van der Waals surface area contributed by atoms with Gasteiger partial charge in [-0.05, 0) is 32.1 Å². The number of hydrogen-bond donors (Lipinski definition) is 0. The second-order valence-corrected chi connectivity index (χ2v) is 9.68. The van der Waals surface area contributed by atoms with E-state index in [1.165, 1.54) is 6.92 Å². The first-order valence-electron chi connectivity index (χ1n) is 6.25. The topological polar surface area (TPSA) is 60.4 Å². The van der Waals surface area contributed by atoms with E-state index in [-0.39, 0.29) is 12.0 Å². The fourth-order valence-electron chi connectivity index (χ4n) is 2.42. The molecule has 0 aromatic rings. The van der Waals surface area contributed by atoms with E-state index in [1.807, 2.05) is 20.8 Å². The van der Waals surface area contributed by atoms with Gasteiger partial charge in [0.1, 0.15) is 11.4 Å². The summed E-state index contributed by atoms with van der Waals surface area (Å²) in [4.78, 5) is 10.9. The fraction of sp³-hybridized carbons (Fsp3) is 0.923. The van der Waals surface area contributed by atoms with Crippen molar-refractivity contribution in [2.24, 2.45) is 5.41 Å². The molecule has 5 heteroatoms. The number of ether oxygens (including phenoxy) is 1. The highest BCUT2D eigenvalue weighted by molar-refractivity contribution is 7.94. The molecule has 1 fully saturated rings. The Balaban J connectivity index is 3.04. The average Bonchev–Trinajstić information content (AvgIpc) is 2.93. The zero-order chi connectivity index (χ0) is 14.4. The van der Waals surface area contributed by atoms with Crippen molar-refractivity contribution in [3.63, 3.8) is 0 Å². The molecule has 0 amide bonds. The summed E-state index contributed by atoms with van der Waals surface area (Å²) in [5.41, 5.74) is -0.292. The molecule has 0 aliphatic heterocycles. The normalized spacial score (nSPS) is 19.4. The SMILES string of the molecule is CC(=O)OCC(C)(C)S(=O)(=O)C1(C(C)(C)C)CC1. The minimum absolute atomic E-state index is 0.0809. The Hall–Kier alpha value is -0.580. The Morgan fingerprint density at radius 3 is 1.89 bits per heavy atom. The summed E-state index contributed by atoms with van der Waals surface area (Å²) in [5, 5.41) is 0. The molecule has 0 atom stereocenters. The number of esters is 1. The summed E-state index contributed by atoms with van der Waals surface area (Å²) in [6.45, 7) is 10.4. The molecule has 0 bridgehead atoms. The molecule has 0 unspecified atom stereocenters. The van der Waals surface area contributed by atoms with Gasteiger partial charge in [0.15, 0.2) is 9.84 Å². The van der Waals surface area contributed by atoms with E-state index >= 15 is 0 Å². The van der Waals surface area contributed by atoms with Crippen molar-refractivity contribution in [2.45, 2.75) is 63.9 Å². The monoisotopic (exact) mass is 276 g/mol. The number of rotatable bonds is 4. The standard InChI is InChI=1S/C13H24O4S/c1-10(14)17-9-12(5,6)18(15,16)13(7-8-13)11(2,3)4/h7-9H2,1-6H3. The van der Waals surface area contributed by atoms with Gasteiger partial charge in [0.2, 0.25) is 0 Å². The van der Waals surface area contributed by atoms with Crippen LogP contribution in [0.4, 0.5) is 0 Å². The Labute approximate surface area is 110 Å². The Bertz CT molecular complexity index is 436. The lowest BCUT2D eigenvalue weighted by molar-refractivity contribution is -0.141. The lowest BCUT2D eigenvalue weighted by Crippen LogP contribution is -2.50. The van der Waals surface area contributed by atoms with Crippen LogP contribution in [0, 0.1) is 5.41 Å². The molecule has 0 N–H and O–H groups in total. The molecule has 4 nitrogen and oxygen atoms in total. The van der Waals surface area contributed by atoms with E-state index in [4.69, 9.17) is 4.74 Å². The fourth-order valence-corrected chi connectivity index (χ4v) is 5.13. The predicted molar refractivity (Wildman–Crippen MR) is 71.1 cm³/mol. The molecule has 0 aromatic carbocycles. The number of carbonyl (C=O) groups excluding carboxylic acids is 1. The van der Waals surface area contributed by atoms with Crippen LogP contribution in [-0.2, 0) is 19.4 Å². The third-order valence-electron chi connectivity index (χ3n) is 3.94. The molecule has 0 saturated heterocycles. The van der Waals surface area contributed by atoms with Gasteiger partial charge in [-0.2, -0.15) is 0 Å². The zero-order valence-corrected chi connectivity index (χ0v) is 13.0. The first-order chi connectivity index (χ1) is 7.87. The molecule has 1 aliphatic carbocycles. The molecular formula is C13H24O4S. The van der Waals surface area contributed by atoms with E-state index in [1.54, 1.807) is 13.8 Å². The third-order valence-corrected chi connectivity index (χ3v) is 7.56. The minimum Gasteiger partial charge on any atom is -0.464 e. The van der Waals surface area contributed by atoms with Crippen LogP contribution in [-0.4, -0.2) is 30.5 Å². The largest absolute Gasteiger partial charge is 0.464 e. The van der Waals surface area contributed by atoms with Gasteiger partial charge in [0.25, 0.3) is 0 Å². The zero-order valence-electron chi connectivity index (χ0n) is 12.2. The van der Waals surface area contributed by atoms with Gasteiger partial charge in [0, 0.05) is 6.92 Å². The maximum Gasteiger partial charge on any atom is 0.302 e.